The summed E-state index contributed by atoms with van der Waals surface area (Å²) >= 11 is 0. The van der Waals surface area contributed by atoms with Crippen LogP contribution < -0.4 is 5.32 Å². The predicted molar refractivity (Wildman–Crippen MR) is 77.1 cm³/mol. The highest BCUT2D eigenvalue weighted by molar-refractivity contribution is 5.78. The number of carboxylic acids is 1. The van der Waals surface area contributed by atoms with Gasteiger partial charge in [0.15, 0.2) is 0 Å². The number of aliphatic carboxylic acids is 1. The third kappa shape index (κ3) is 9.25. The zero-order valence-corrected chi connectivity index (χ0v) is 12.9. The minimum absolute atomic E-state index is 0.540. The van der Waals surface area contributed by atoms with Crippen LogP contribution in [-0.4, -0.2) is 63.3 Å². The molecule has 1 atom stereocenters. The van der Waals surface area contributed by atoms with Crippen LogP contribution in [0.1, 0.15) is 33.1 Å². The van der Waals surface area contributed by atoms with Crippen molar-refractivity contribution in [2.24, 2.45) is 0 Å². The zero-order chi connectivity index (χ0) is 15.3. The second-order valence-electron chi connectivity index (χ2n) is 4.84. The molecule has 0 fully saturated rings. The molecule has 2 N–H and O–H groups in total. The van der Waals surface area contributed by atoms with E-state index in [9.17, 15) is 9.90 Å². The lowest BCUT2D eigenvalue weighted by Crippen LogP contribution is -2.49. The second-order valence-corrected chi connectivity index (χ2v) is 4.84. The maximum Gasteiger partial charge on any atom is 0.323 e. The first kappa shape index (κ1) is 19.3. The third-order valence-corrected chi connectivity index (χ3v) is 3.01. The van der Waals surface area contributed by atoms with Gasteiger partial charge in [-0.25, -0.2) is 0 Å². The van der Waals surface area contributed by atoms with Crippen LogP contribution in [0.25, 0.3) is 0 Å². The number of hydrogen-bond donors (Lipinski definition) is 2. The number of nitrogens with one attached hydrogen (secondary N) is 1. The Bertz CT molecular complexity index is 250. The van der Waals surface area contributed by atoms with E-state index in [4.69, 9.17) is 14.2 Å². The minimum Gasteiger partial charge on any atom is -0.480 e. The normalized spacial score (nSPS) is 14.2. The summed E-state index contributed by atoms with van der Waals surface area (Å²) in [5.74, 6) is -0.819. The molecule has 0 aromatic heterocycles. The van der Waals surface area contributed by atoms with Gasteiger partial charge in [0, 0.05) is 26.9 Å². The molecule has 0 saturated heterocycles. The summed E-state index contributed by atoms with van der Waals surface area (Å²) in [6.45, 7) is 7.28. The first-order valence-electron chi connectivity index (χ1n) is 7.19. The highest BCUT2D eigenvalue weighted by Crippen LogP contribution is 2.12. The average Bonchev–Trinajstić information content (AvgIpc) is 2.41. The van der Waals surface area contributed by atoms with Gasteiger partial charge in [-0.05, 0) is 32.7 Å². The summed E-state index contributed by atoms with van der Waals surface area (Å²) in [5, 5.41) is 12.2. The number of methoxy groups -OCH3 is 1. The number of ether oxygens (including phenoxy) is 3. The molecule has 6 nitrogen and oxygen atoms in total. The summed E-state index contributed by atoms with van der Waals surface area (Å²) < 4.78 is 15.7. The number of likely N-dealkylation sites (N-methyl/N-ethyl adjacent to an activating group) is 1. The summed E-state index contributed by atoms with van der Waals surface area (Å²) in [6.07, 6.45) is 2.14. The maximum atomic E-state index is 11.2. The molecule has 0 aromatic carbocycles. The zero-order valence-electron chi connectivity index (χ0n) is 12.9. The van der Waals surface area contributed by atoms with E-state index in [2.05, 4.69) is 5.32 Å². The van der Waals surface area contributed by atoms with Gasteiger partial charge in [-0.1, -0.05) is 6.92 Å². The van der Waals surface area contributed by atoms with Crippen molar-refractivity contribution in [2.75, 3.05) is 46.7 Å². The molecule has 0 aliphatic carbocycles. The van der Waals surface area contributed by atoms with E-state index in [1.807, 2.05) is 6.92 Å². The third-order valence-electron chi connectivity index (χ3n) is 3.01. The number of rotatable bonds is 14. The Kier molecular flexibility index (Phi) is 11.7. The Hall–Kier alpha value is -0.690. The smallest absolute Gasteiger partial charge is 0.323 e. The first-order valence-corrected chi connectivity index (χ1v) is 7.19. The van der Waals surface area contributed by atoms with Crippen LogP contribution in [0.3, 0.4) is 0 Å². The van der Waals surface area contributed by atoms with Gasteiger partial charge in [0.2, 0.25) is 0 Å². The molecular formula is C14H29NO5. The van der Waals surface area contributed by atoms with E-state index in [1.54, 1.807) is 14.0 Å². The lowest BCUT2D eigenvalue weighted by molar-refractivity contribution is -0.144. The molecule has 0 aliphatic rings. The van der Waals surface area contributed by atoms with Crippen LogP contribution in [-0.2, 0) is 19.0 Å². The molecule has 6 heteroatoms. The fourth-order valence-corrected chi connectivity index (χ4v) is 1.82. The van der Waals surface area contributed by atoms with Crippen molar-refractivity contribution in [3.05, 3.63) is 0 Å². The average molecular weight is 291 g/mol. The number of carboxylic acid groups (broad SMARTS) is 1. The molecular weight excluding hydrogens is 262 g/mol. The Balaban J connectivity index is 3.48. The molecule has 0 rings (SSSR count). The molecule has 0 saturated carbocycles. The number of hydrogen-bond acceptors (Lipinski definition) is 5. The van der Waals surface area contributed by atoms with Gasteiger partial charge in [-0.2, -0.15) is 0 Å². The lowest BCUT2D eigenvalue weighted by atomic mass is 9.96. The van der Waals surface area contributed by atoms with Crippen molar-refractivity contribution in [3.8, 4) is 0 Å². The molecule has 20 heavy (non-hydrogen) atoms. The van der Waals surface area contributed by atoms with E-state index >= 15 is 0 Å². The molecule has 0 bridgehead atoms. The van der Waals surface area contributed by atoms with Gasteiger partial charge >= 0.3 is 5.97 Å². The van der Waals surface area contributed by atoms with Crippen molar-refractivity contribution in [3.63, 3.8) is 0 Å². The molecule has 0 aliphatic heterocycles. The van der Waals surface area contributed by atoms with Gasteiger partial charge < -0.3 is 24.6 Å². The van der Waals surface area contributed by atoms with E-state index in [0.29, 0.717) is 52.4 Å². The maximum absolute atomic E-state index is 11.2. The Morgan fingerprint density at radius 3 is 2.20 bits per heavy atom. The van der Waals surface area contributed by atoms with Crippen LogP contribution in [0.15, 0.2) is 0 Å². The highest BCUT2D eigenvalue weighted by Gasteiger charge is 2.30. The van der Waals surface area contributed by atoms with E-state index < -0.39 is 11.5 Å². The number of carbonyl (C=O) groups is 1. The Morgan fingerprint density at radius 1 is 1.10 bits per heavy atom. The van der Waals surface area contributed by atoms with Crippen LogP contribution in [0.4, 0.5) is 0 Å². The van der Waals surface area contributed by atoms with Crippen molar-refractivity contribution < 1.29 is 24.1 Å². The van der Waals surface area contributed by atoms with Crippen molar-refractivity contribution in [1.82, 2.24) is 5.32 Å². The van der Waals surface area contributed by atoms with Crippen LogP contribution in [0.5, 0.6) is 0 Å². The van der Waals surface area contributed by atoms with Gasteiger partial charge in [-0.15, -0.1) is 0 Å². The first-order chi connectivity index (χ1) is 9.56. The van der Waals surface area contributed by atoms with Crippen molar-refractivity contribution in [2.45, 2.75) is 38.6 Å². The van der Waals surface area contributed by atoms with Gasteiger partial charge in [0.25, 0.3) is 0 Å². The van der Waals surface area contributed by atoms with Crippen LogP contribution in [0.2, 0.25) is 0 Å². The second kappa shape index (κ2) is 12.1. The van der Waals surface area contributed by atoms with E-state index in [-0.39, 0.29) is 0 Å². The molecule has 0 spiro atoms. The molecule has 1 unspecified atom stereocenters. The van der Waals surface area contributed by atoms with Gasteiger partial charge in [0.1, 0.15) is 5.54 Å². The molecule has 120 valence electrons. The van der Waals surface area contributed by atoms with Gasteiger partial charge in [0.05, 0.1) is 13.2 Å². The largest absolute Gasteiger partial charge is 0.480 e. The van der Waals surface area contributed by atoms with Crippen molar-refractivity contribution in [1.29, 1.82) is 0 Å². The van der Waals surface area contributed by atoms with Crippen LogP contribution >= 0.6 is 0 Å². The van der Waals surface area contributed by atoms with Crippen LogP contribution in [0, 0.1) is 0 Å². The SMILES string of the molecule is CCNC(C)(CCCOCCOCCCOC)C(=O)O. The fourth-order valence-electron chi connectivity index (χ4n) is 1.82. The Labute approximate surface area is 121 Å². The highest BCUT2D eigenvalue weighted by atomic mass is 16.5. The summed E-state index contributed by atoms with van der Waals surface area (Å²) in [5.41, 5.74) is -0.866. The fraction of sp³-hybridized carbons (Fsp3) is 0.929. The van der Waals surface area contributed by atoms with Crippen molar-refractivity contribution >= 4 is 5.97 Å². The molecule has 0 amide bonds. The lowest BCUT2D eigenvalue weighted by Gasteiger charge is -2.25. The summed E-state index contributed by atoms with van der Waals surface area (Å²) in [7, 11) is 1.67. The summed E-state index contributed by atoms with van der Waals surface area (Å²) in [4.78, 5) is 11.2. The van der Waals surface area contributed by atoms with E-state index in [0.717, 1.165) is 6.42 Å². The Morgan fingerprint density at radius 2 is 1.70 bits per heavy atom. The standard InChI is InChI=1S/C14H29NO5/c1-4-15-14(2,13(16)17)7-5-9-19-11-12-20-10-6-8-18-3/h15H,4-12H2,1-3H3,(H,16,17). The van der Waals surface area contributed by atoms with Gasteiger partial charge in [-0.3, -0.25) is 4.79 Å². The summed E-state index contributed by atoms with van der Waals surface area (Å²) in [6, 6.07) is 0. The quantitative estimate of drug-likeness (QED) is 0.470. The van der Waals surface area contributed by atoms with E-state index in [1.165, 1.54) is 0 Å². The monoisotopic (exact) mass is 291 g/mol. The molecule has 0 heterocycles. The molecule has 0 radical (unpaired) electrons. The predicted octanol–water partition coefficient (Wildman–Crippen LogP) is 1.29. The topological polar surface area (TPSA) is 77.0 Å². The molecule has 0 aromatic rings. The minimum atomic E-state index is -0.866.